The highest BCUT2D eigenvalue weighted by molar-refractivity contribution is 6.31. The molecular weight excluding hydrogens is 775 g/mol. The fourth-order valence-corrected chi connectivity index (χ4v) is 7.29. The van der Waals surface area contributed by atoms with Gasteiger partial charge in [0.25, 0.3) is 11.8 Å². The van der Waals surface area contributed by atoms with Gasteiger partial charge in [-0.05, 0) is 68.6 Å². The number of nitrogens with zero attached hydrogens (tertiary/aromatic N) is 4. The summed E-state index contributed by atoms with van der Waals surface area (Å²) in [6.07, 6.45) is 2.16. The van der Waals surface area contributed by atoms with Gasteiger partial charge in [0.1, 0.15) is 24.2 Å². The van der Waals surface area contributed by atoms with E-state index in [0.29, 0.717) is 73.1 Å². The van der Waals surface area contributed by atoms with E-state index in [-0.39, 0.29) is 53.7 Å². The Morgan fingerprint density at radius 3 is 2.62 bits per heavy atom. The average molecular weight is 819 g/mol. The summed E-state index contributed by atoms with van der Waals surface area (Å²) in [5.41, 5.74) is 1.47. The molecule has 2 atom stereocenters. The molecule has 2 saturated heterocycles. The van der Waals surface area contributed by atoms with Gasteiger partial charge in [-0.3, -0.25) is 29.0 Å². The van der Waals surface area contributed by atoms with Crippen LogP contribution >= 0.6 is 11.6 Å². The number of benzene rings is 3. The zero-order valence-electron chi connectivity index (χ0n) is 31.6. The van der Waals surface area contributed by atoms with Gasteiger partial charge in [0, 0.05) is 43.2 Å². The van der Waals surface area contributed by atoms with Gasteiger partial charge in [-0.25, -0.2) is 14.4 Å². The molecule has 4 amide bonds. The number of halogens is 2. The summed E-state index contributed by atoms with van der Waals surface area (Å²) in [6.45, 7) is 5.09. The summed E-state index contributed by atoms with van der Waals surface area (Å²) >= 11 is 6.01. The van der Waals surface area contributed by atoms with Gasteiger partial charge in [-0.1, -0.05) is 17.7 Å². The summed E-state index contributed by atoms with van der Waals surface area (Å²) < 4.78 is 31.7. The number of ether oxygens (including phenoxy) is 3. The predicted octanol–water partition coefficient (Wildman–Crippen LogP) is 3.85. The number of anilines is 3. The third-order valence-electron chi connectivity index (χ3n) is 10.0. The summed E-state index contributed by atoms with van der Waals surface area (Å²) in [4.78, 5) is 63.8. The lowest BCUT2D eigenvalue weighted by Crippen LogP contribution is -2.52. The molecule has 3 aromatic carbocycles. The van der Waals surface area contributed by atoms with Crippen molar-refractivity contribution in [3.63, 3.8) is 0 Å². The molecule has 3 aliphatic rings. The maximum atomic E-state index is 13.8. The fraction of sp³-hybridized carbons (Fsp3) is 0.400. The Labute approximate surface area is 338 Å². The van der Waals surface area contributed by atoms with Crippen molar-refractivity contribution in [1.29, 1.82) is 0 Å². The molecule has 0 spiro atoms. The second-order valence-electron chi connectivity index (χ2n) is 14.1. The number of nitrogens with one attached hydrogen (secondary N) is 4. The van der Waals surface area contributed by atoms with Crippen molar-refractivity contribution in [2.75, 3.05) is 69.8 Å². The first-order valence-electron chi connectivity index (χ1n) is 19.2. The normalized spacial score (nSPS) is 18.5. The number of carbonyl (C=O) groups excluding carboxylic acids is 4. The Kier molecular flexibility index (Phi) is 13.2. The molecule has 7 rings (SSSR count). The van der Waals surface area contributed by atoms with Gasteiger partial charge in [-0.2, -0.15) is 0 Å². The molecule has 5 N–H and O–H groups in total. The van der Waals surface area contributed by atoms with Crippen molar-refractivity contribution in [2.24, 2.45) is 0 Å². The molecule has 4 heterocycles. The molecule has 0 radical (unpaired) electrons. The van der Waals surface area contributed by atoms with E-state index in [0.717, 1.165) is 31.0 Å². The largest absolute Gasteiger partial charge is 0.490 e. The van der Waals surface area contributed by atoms with Gasteiger partial charge < -0.3 is 40.6 Å². The molecule has 1 aromatic heterocycles. The standard InChI is InChI=1S/C40H44ClFN8O8/c41-27-19-24(9-10-28(27)42)46-37-26-20-32(58-16-4-12-49-13-17-56-18-14-49)33(21-30(26)44-23-45-37)57-15-3-11-43-22-35(52)47-29-6-1-5-25-36(29)40(55)50(39(25)54)31-7-2-8-34(51)48-38(31)53/h1,5-6,9-10,19-21,23,31,38,43,53H,2-4,7-8,11-18,22H2,(H,47,52)(H,48,51)(H,44,45,46)/t31-,38?/m0/s1. The highest BCUT2D eigenvalue weighted by Crippen LogP contribution is 2.36. The van der Waals surface area contributed by atoms with Crippen LogP contribution in [0.2, 0.25) is 5.02 Å². The highest BCUT2D eigenvalue weighted by Gasteiger charge is 2.44. The number of aliphatic hydroxyl groups excluding tert-OH is 1. The lowest BCUT2D eigenvalue weighted by Gasteiger charge is -2.28. The molecular formula is C40H44ClFN8O8. The Balaban J connectivity index is 0.945. The van der Waals surface area contributed by atoms with Crippen molar-refractivity contribution in [3.8, 4) is 11.5 Å². The molecule has 0 bridgehead atoms. The number of morpholine rings is 1. The van der Waals surface area contributed by atoms with Crippen LogP contribution in [0.5, 0.6) is 11.5 Å². The van der Waals surface area contributed by atoms with Crippen LogP contribution < -0.4 is 30.7 Å². The average Bonchev–Trinajstić information content (AvgIpc) is 3.34. The number of amides is 4. The number of aromatic nitrogens is 2. The first kappa shape index (κ1) is 40.7. The number of rotatable bonds is 16. The molecule has 16 nitrogen and oxygen atoms in total. The number of fused-ring (bicyclic) bond motifs is 2. The Morgan fingerprint density at radius 1 is 1.02 bits per heavy atom. The monoisotopic (exact) mass is 818 g/mol. The molecule has 18 heteroatoms. The molecule has 0 saturated carbocycles. The summed E-state index contributed by atoms with van der Waals surface area (Å²) in [7, 11) is 0. The van der Waals surface area contributed by atoms with Crippen LogP contribution in [-0.4, -0.2) is 120 Å². The topological polar surface area (TPSA) is 197 Å². The van der Waals surface area contributed by atoms with Crippen LogP contribution in [0.3, 0.4) is 0 Å². The second kappa shape index (κ2) is 18.9. The van der Waals surface area contributed by atoms with Crippen LogP contribution in [0.1, 0.15) is 52.8 Å². The van der Waals surface area contributed by atoms with Gasteiger partial charge in [-0.15, -0.1) is 0 Å². The van der Waals surface area contributed by atoms with Gasteiger partial charge in [0.15, 0.2) is 11.5 Å². The van der Waals surface area contributed by atoms with E-state index in [9.17, 15) is 28.7 Å². The van der Waals surface area contributed by atoms with E-state index in [1.807, 2.05) is 6.07 Å². The lowest BCUT2D eigenvalue weighted by atomic mass is 10.1. The number of hydrogen-bond acceptors (Lipinski definition) is 13. The van der Waals surface area contributed by atoms with Crippen LogP contribution in [0.25, 0.3) is 10.9 Å². The number of carbonyl (C=O) groups is 4. The van der Waals surface area contributed by atoms with Crippen LogP contribution in [0, 0.1) is 5.82 Å². The van der Waals surface area contributed by atoms with Gasteiger partial charge in [0.2, 0.25) is 11.8 Å². The summed E-state index contributed by atoms with van der Waals surface area (Å²) in [5.74, 6) is -1.10. The Morgan fingerprint density at radius 2 is 1.81 bits per heavy atom. The van der Waals surface area contributed by atoms with Gasteiger partial charge >= 0.3 is 0 Å². The van der Waals surface area contributed by atoms with Crippen LogP contribution in [-0.2, 0) is 14.3 Å². The van der Waals surface area contributed by atoms with Crippen molar-refractivity contribution < 1.29 is 42.9 Å². The summed E-state index contributed by atoms with van der Waals surface area (Å²) in [6, 6.07) is 11.6. The van der Waals surface area contributed by atoms with Crippen molar-refractivity contribution in [2.45, 2.75) is 44.4 Å². The zero-order valence-corrected chi connectivity index (χ0v) is 32.4. The SMILES string of the molecule is O=C(CNCCCOc1cc2ncnc(Nc3ccc(F)c(Cl)c3)c2cc1OCCCN1CCOCC1)Nc1cccc2c1C(=O)N([C@H]1CCCC(=O)NC1O)C2=O. The van der Waals surface area contributed by atoms with E-state index < -0.39 is 35.8 Å². The van der Waals surface area contributed by atoms with E-state index in [1.165, 1.54) is 24.5 Å². The minimum Gasteiger partial charge on any atom is -0.490 e. The molecule has 4 aromatic rings. The first-order valence-corrected chi connectivity index (χ1v) is 19.6. The minimum absolute atomic E-state index is 0.0232. The van der Waals surface area contributed by atoms with Crippen molar-refractivity contribution in [1.82, 2.24) is 30.4 Å². The second-order valence-corrected chi connectivity index (χ2v) is 14.5. The molecule has 1 unspecified atom stereocenters. The Hall–Kier alpha value is -5.46. The maximum absolute atomic E-state index is 13.8. The third-order valence-corrected chi connectivity index (χ3v) is 10.3. The molecule has 58 heavy (non-hydrogen) atoms. The molecule has 3 aliphatic heterocycles. The number of imide groups is 1. The fourth-order valence-electron chi connectivity index (χ4n) is 7.11. The van der Waals surface area contributed by atoms with E-state index in [2.05, 4.69) is 36.1 Å². The van der Waals surface area contributed by atoms with Crippen molar-refractivity contribution >= 4 is 63.3 Å². The summed E-state index contributed by atoms with van der Waals surface area (Å²) in [5, 5.41) is 22.6. The minimum atomic E-state index is -1.40. The van der Waals surface area contributed by atoms with E-state index in [4.69, 9.17) is 25.8 Å². The van der Waals surface area contributed by atoms with E-state index in [1.54, 1.807) is 24.3 Å². The quantitative estimate of drug-likeness (QED) is 0.0809. The van der Waals surface area contributed by atoms with E-state index >= 15 is 0 Å². The number of aliphatic hydroxyl groups is 1. The third kappa shape index (κ3) is 9.62. The Bertz CT molecular complexity index is 2170. The predicted molar refractivity (Wildman–Crippen MR) is 212 cm³/mol. The van der Waals surface area contributed by atoms with Crippen LogP contribution in [0.4, 0.5) is 21.6 Å². The van der Waals surface area contributed by atoms with Crippen LogP contribution in [0.15, 0.2) is 54.9 Å². The smallest absolute Gasteiger partial charge is 0.264 e. The maximum Gasteiger partial charge on any atom is 0.264 e. The van der Waals surface area contributed by atoms with Crippen molar-refractivity contribution in [3.05, 3.63) is 76.8 Å². The lowest BCUT2D eigenvalue weighted by molar-refractivity contribution is -0.124. The van der Waals surface area contributed by atoms with Gasteiger partial charge in [0.05, 0.1) is 66.4 Å². The molecule has 306 valence electrons. The molecule has 0 aliphatic carbocycles. The highest BCUT2D eigenvalue weighted by atomic mass is 35.5. The number of hydrogen-bond donors (Lipinski definition) is 5. The first-order chi connectivity index (χ1) is 28.2. The molecule has 2 fully saturated rings. The zero-order chi connectivity index (χ0) is 40.6.